The average molecular weight is 335 g/mol. The van der Waals surface area contributed by atoms with Crippen molar-refractivity contribution < 1.29 is 14.3 Å². The van der Waals surface area contributed by atoms with Crippen LogP contribution in [0.2, 0.25) is 5.02 Å². The second-order valence-corrected chi connectivity index (χ2v) is 5.54. The highest BCUT2D eigenvalue weighted by Gasteiger charge is 2.20. The highest BCUT2D eigenvalue weighted by molar-refractivity contribution is 6.30. The smallest absolute Gasteiger partial charge is 0.260 e. The van der Waals surface area contributed by atoms with Gasteiger partial charge in [-0.2, -0.15) is 0 Å². The Morgan fingerprint density at radius 3 is 2.96 bits per heavy atom. The predicted molar refractivity (Wildman–Crippen MR) is 85.4 cm³/mol. The van der Waals surface area contributed by atoms with Crippen molar-refractivity contribution in [3.05, 3.63) is 57.5 Å². The number of aromatic amines is 1. The largest absolute Gasteiger partial charge is 0.486 e. The number of nitrogens with one attached hydrogen (secondary N) is 2. The van der Waals surface area contributed by atoms with Crippen molar-refractivity contribution in [3.8, 4) is 11.5 Å². The summed E-state index contributed by atoms with van der Waals surface area (Å²) in [5.74, 6) is 0.950. The Morgan fingerprint density at radius 1 is 1.35 bits per heavy atom. The summed E-state index contributed by atoms with van der Waals surface area (Å²) in [7, 11) is 0. The molecular formula is C16H15ClN2O4. The molecule has 0 saturated heterocycles. The molecule has 23 heavy (non-hydrogen) atoms. The number of fused-ring (bicyclic) bond motifs is 1. The van der Waals surface area contributed by atoms with E-state index in [1.807, 2.05) is 24.3 Å². The third-order valence-electron chi connectivity index (χ3n) is 3.43. The van der Waals surface area contributed by atoms with E-state index in [0.717, 1.165) is 5.75 Å². The standard InChI is InChI=1S/C16H15ClN2O4/c17-10-7-12(16(21)19-8-10)15(20)18-6-5-11-9-22-13-3-1-2-4-14(13)23-11/h1-4,7-8,11H,5-6,9H2,(H,18,20)(H,19,21). The zero-order valence-electron chi connectivity index (χ0n) is 12.2. The number of amides is 1. The summed E-state index contributed by atoms with van der Waals surface area (Å²) in [6, 6.07) is 8.78. The fourth-order valence-corrected chi connectivity index (χ4v) is 2.44. The fourth-order valence-electron chi connectivity index (χ4n) is 2.27. The number of carbonyl (C=O) groups is 1. The van der Waals surface area contributed by atoms with Crippen LogP contribution in [0.1, 0.15) is 16.8 Å². The predicted octanol–water partition coefficient (Wildman–Crippen LogP) is 1.99. The number of H-pyrrole nitrogens is 1. The maximum Gasteiger partial charge on any atom is 0.260 e. The summed E-state index contributed by atoms with van der Waals surface area (Å²) in [4.78, 5) is 26.0. The fraction of sp³-hybridized carbons (Fsp3) is 0.250. The zero-order valence-corrected chi connectivity index (χ0v) is 12.9. The maximum absolute atomic E-state index is 12.0. The molecule has 1 aliphatic heterocycles. The number of ether oxygens (including phenoxy) is 2. The van der Waals surface area contributed by atoms with E-state index in [0.29, 0.717) is 30.3 Å². The monoisotopic (exact) mass is 334 g/mol. The lowest BCUT2D eigenvalue weighted by Gasteiger charge is -2.26. The molecule has 1 aromatic carbocycles. The molecule has 7 heteroatoms. The average Bonchev–Trinajstić information content (AvgIpc) is 2.57. The van der Waals surface area contributed by atoms with Crippen LogP contribution in [0.4, 0.5) is 0 Å². The van der Waals surface area contributed by atoms with Crippen LogP contribution < -0.4 is 20.3 Å². The Kier molecular flexibility index (Phi) is 4.52. The van der Waals surface area contributed by atoms with Crippen LogP contribution in [0.3, 0.4) is 0 Å². The van der Waals surface area contributed by atoms with Gasteiger partial charge in [-0.05, 0) is 18.2 Å². The van der Waals surface area contributed by atoms with Crippen molar-refractivity contribution in [1.29, 1.82) is 0 Å². The molecule has 2 heterocycles. The Morgan fingerprint density at radius 2 is 2.13 bits per heavy atom. The minimum Gasteiger partial charge on any atom is -0.486 e. The topological polar surface area (TPSA) is 80.4 Å². The summed E-state index contributed by atoms with van der Waals surface area (Å²) in [6.45, 7) is 0.783. The van der Waals surface area contributed by atoms with Crippen LogP contribution >= 0.6 is 11.6 Å². The van der Waals surface area contributed by atoms with E-state index in [1.165, 1.54) is 12.3 Å². The van der Waals surface area contributed by atoms with Crippen molar-refractivity contribution in [2.24, 2.45) is 0 Å². The molecule has 120 valence electrons. The van der Waals surface area contributed by atoms with E-state index in [1.54, 1.807) is 0 Å². The molecule has 6 nitrogen and oxygen atoms in total. The number of benzene rings is 1. The van der Waals surface area contributed by atoms with Gasteiger partial charge < -0.3 is 19.8 Å². The van der Waals surface area contributed by atoms with Gasteiger partial charge in [-0.15, -0.1) is 0 Å². The SMILES string of the molecule is O=C(NCCC1COc2ccccc2O1)c1cc(Cl)c[nH]c1=O. The molecule has 0 radical (unpaired) electrons. The summed E-state index contributed by atoms with van der Waals surface area (Å²) in [6.07, 6.45) is 1.76. The second-order valence-electron chi connectivity index (χ2n) is 5.10. The van der Waals surface area contributed by atoms with Gasteiger partial charge in [0.1, 0.15) is 18.3 Å². The lowest BCUT2D eigenvalue weighted by molar-refractivity contribution is 0.0812. The van der Waals surface area contributed by atoms with Crippen molar-refractivity contribution in [2.75, 3.05) is 13.2 Å². The number of aromatic nitrogens is 1. The van der Waals surface area contributed by atoms with Gasteiger partial charge in [-0.3, -0.25) is 9.59 Å². The minimum absolute atomic E-state index is 0.0105. The minimum atomic E-state index is -0.474. The van der Waals surface area contributed by atoms with Gasteiger partial charge in [0.25, 0.3) is 11.5 Å². The van der Waals surface area contributed by atoms with Crippen LogP contribution in [0.5, 0.6) is 11.5 Å². The molecule has 2 N–H and O–H groups in total. The Labute approximate surface area is 137 Å². The van der Waals surface area contributed by atoms with Crippen molar-refractivity contribution in [3.63, 3.8) is 0 Å². The van der Waals surface area contributed by atoms with Gasteiger partial charge >= 0.3 is 0 Å². The molecule has 0 spiro atoms. The van der Waals surface area contributed by atoms with Gasteiger partial charge in [0, 0.05) is 19.2 Å². The first-order valence-corrected chi connectivity index (χ1v) is 7.56. The number of para-hydroxylation sites is 2. The van der Waals surface area contributed by atoms with Gasteiger partial charge in [0.05, 0.1) is 5.02 Å². The van der Waals surface area contributed by atoms with Crippen LogP contribution in [-0.2, 0) is 0 Å². The first-order chi connectivity index (χ1) is 11.1. The molecule has 1 atom stereocenters. The molecule has 0 aliphatic carbocycles. The van der Waals surface area contributed by atoms with Crippen LogP contribution in [-0.4, -0.2) is 30.1 Å². The summed E-state index contributed by atoms with van der Waals surface area (Å²) in [5.41, 5.74) is -0.485. The summed E-state index contributed by atoms with van der Waals surface area (Å²) >= 11 is 5.78. The van der Waals surface area contributed by atoms with Gasteiger partial charge in [-0.1, -0.05) is 23.7 Å². The number of pyridine rings is 1. The lowest BCUT2D eigenvalue weighted by Crippen LogP contribution is -2.35. The van der Waals surface area contributed by atoms with E-state index in [4.69, 9.17) is 21.1 Å². The summed E-state index contributed by atoms with van der Waals surface area (Å²) in [5, 5.41) is 2.99. The third-order valence-corrected chi connectivity index (χ3v) is 3.65. The maximum atomic E-state index is 12.0. The van der Waals surface area contributed by atoms with Crippen LogP contribution in [0, 0.1) is 0 Å². The van der Waals surface area contributed by atoms with Crippen LogP contribution in [0.25, 0.3) is 0 Å². The number of halogens is 1. The Balaban J connectivity index is 1.53. The van der Waals surface area contributed by atoms with E-state index in [2.05, 4.69) is 10.3 Å². The first kappa shape index (κ1) is 15.4. The lowest BCUT2D eigenvalue weighted by atomic mass is 10.2. The molecule has 0 bridgehead atoms. The summed E-state index contributed by atoms with van der Waals surface area (Å²) < 4.78 is 11.4. The van der Waals surface area contributed by atoms with E-state index in [9.17, 15) is 9.59 Å². The van der Waals surface area contributed by atoms with E-state index in [-0.39, 0.29) is 11.7 Å². The number of hydrogen-bond acceptors (Lipinski definition) is 4. The molecule has 1 unspecified atom stereocenters. The molecule has 1 aliphatic rings. The molecule has 0 fully saturated rings. The van der Waals surface area contributed by atoms with Crippen molar-refractivity contribution in [1.82, 2.24) is 10.3 Å². The molecule has 1 amide bonds. The second kappa shape index (κ2) is 6.75. The van der Waals surface area contributed by atoms with Crippen LogP contribution in [0.15, 0.2) is 41.3 Å². The molecular weight excluding hydrogens is 320 g/mol. The quantitative estimate of drug-likeness (QED) is 0.896. The van der Waals surface area contributed by atoms with Gasteiger partial charge in [0.2, 0.25) is 0 Å². The van der Waals surface area contributed by atoms with Crippen molar-refractivity contribution >= 4 is 17.5 Å². The highest BCUT2D eigenvalue weighted by Crippen LogP contribution is 2.31. The number of rotatable bonds is 4. The molecule has 0 saturated carbocycles. The van der Waals surface area contributed by atoms with Gasteiger partial charge in [0.15, 0.2) is 11.5 Å². The third kappa shape index (κ3) is 3.65. The van der Waals surface area contributed by atoms with Crippen molar-refractivity contribution in [2.45, 2.75) is 12.5 Å². The molecule has 1 aromatic heterocycles. The number of carbonyl (C=O) groups excluding carboxylic acids is 1. The van der Waals surface area contributed by atoms with E-state index < -0.39 is 11.5 Å². The highest BCUT2D eigenvalue weighted by atomic mass is 35.5. The molecule has 3 rings (SSSR count). The zero-order chi connectivity index (χ0) is 16.2. The van der Waals surface area contributed by atoms with Gasteiger partial charge in [-0.25, -0.2) is 0 Å². The molecule has 2 aromatic rings. The first-order valence-electron chi connectivity index (χ1n) is 7.18. The Hall–Kier alpha value is -2.47. The van der Waals surface area contributed by atoms with E-state index >= 15 is 0 Å². The normalized spacial score (nSPS) is 16.0. The number of hydrogen-bond donors (Lipinski definition) is 2. The Bertz CT molecular complexity index is 775.